The molecule has 0 amide bonds. The van der Waals surface area contributed by atoms with Crippen LogP contribution in [0.4, 0.5) is 8.78 Å². The maximum atomic E-state index is 14.0. The number of nitrogens with one attached hydrogen (secondary N) is 1. The van der Waals surface area contributed by atoms with Crippen LogP contribution in [0, 0.1) is 18.6 Å². The minimum Gasteiger partial charge on any atom is -0.408 e. The normalized spacial score (nSPS) is 11.0. The number of fused-ring (bicyclic) bond motifs is 1. The van der Waals surface area contributed by atoms with Gasteiger partial charge in [0.25, 0.3) is 0 Å². The molecule has 0 bridgehead atoms. The van der Waals surface area contributed by atoms with Gasteiger partial charge in [-0.05, 0) is 36.8 Å². The van der Waals surface area contributed by atoms with Gasteiger partial charge in [0.1, 0.15) is 11.6 Å². The zero-order chi connectivity index (χ0) is 15.1. The third-order valence-corrected chi connectivity index (χ3v) is 3.19. The van der Waals surface area contributed by atoms with Gasteiger partial charge >= 0.3 is 5.76 Å². The maximum Gasteiger partial charge on any atom is 0.417 e. The Morgan fingerprint density at radius 3 is 2.71 bits per heavy atom. The molecule has 21 heavy (non-hydrogen) atoms. The Labute approximate surface area is 117 Å². The first kappa shape index (κ1) is 13.2. The number of halogens is 2. The van der Waals surface area contributed by atoms with E-state index in [0.29, 0.717) is 5.52 Å². The number of aryl methyl sites for hydroxylation is 1. The molecule has 1 aromatic heterocycles. The molecule has 0 aliphatic rings. The van der Waals surface area contributed by atoms with Crippen molar-refractivity contribution in [3.05, 3.63) is 69.2 Å². The van der Waals surface area contributed by atoms with Gasteiger partial charge in [0.05, 0.1) is 11.1 Å². The number of ketones is 1. The predicted molar refractivity (Wildman–Crippen MR) is 71.4 cm³/mol. The summed E-state index contributed by atoms with van der Waals surface area (Å²) in [7, 11) is 0. The molecular weight excluding hydrogens is 280 g/mol. The van der Waals surface area contributed by atoms with Gasteiger partial charge in [-0.3, -0.25) is 9.78 Å². The number of oxazole rings is 1. The minimum absolute atomic E-state index is 0.0358. The van der Waals surface area contributed by atoms with Crippen LogP contribution in [0.5, 0.6) is 0 Å². The lowest BCUT2D eigenvalue weighted by Crippen LogP contribution is -2.08. The molecule has 106 valence electrons. The summed E-state index contributed by atoms with van der Waals surface area (Å²) in [6.45, 7) is 1.44. The zero-order valence-electron chi connectivity index (χ0n) is 10.9. The van der Waals surface area contributed by atoms with Crippen molar-refractivity contribution in [2.75, 3.05) is 0 Å². The van der Waals surface area contributed by atoms with Crippen molar-refractivity contribution in [2.45, 2.75) is 6.92 Å². The lowest BCUT2D eigenvalue weighted by Gasteiger charge is -2.06. The number of hydrogen-bond donors (Lipinski definition) is 1. The Balaban J connectivity index is 2.16. The lowest BCUT2D eigenvalue weighted by molar-refractivity contribution is 0.103. The van der Waals surface area contributed by atoms with Crippen molar-refractivity contribution in [3.63, 3.8) is 0 Å². The lowest BCUT2D eigenvalue weighted by atomic mass is 10.00. The standard InChI is InChI=1S/C15H9F2NO3/c1-7-2-4-9(16)12(13(7)17)14(19)8-3-5-10-11(6-8)21-15(20)18-10/h2-6H,1H3,(H,18,20). The van der Waals surface area contributed by atoms with E-state index in [1.807, 2.05) is 0 Å². The van der Waals surface area contributed by atoms with Gasteiger partial charge in [-0.1, -0.05) is 6.07 Å². The second-order valence-electron chi connectivity index (χ2n) is 4.61. The molecule has 0 radical (unpaired) electrons. The van der Waals surface area contributed by atoms with Crippen LogP contribution in [0.25, 0.3) is 11.1 Å². The van der Waals surface area contributed by atoms with Crippen molar-refractivity contribution >= 4 is 16.9 Å². The minimum atomic E-state index is -0.932. The van der Waals surface area contributed by atoms with Crippen LogP contribution in [-0.2, 0) is 0 Å². The number of aromatic amines is 1. The first-order chi connectivity index (χ1) is 9.97. The van der Waals surface area contributed by atoms with Crippen molar-refractivity contribution < 1.29 is 18.0 Å². The monoisotopic (exact) mass is 289 g/mol. The van der Waals surface area contributed by atoms with E-state index in [2.05, 4.69) is 4.98 Å². The molecule has 1 heterocycles. The van der Waals surface area contributed by atoms with E-state index in [1.54, 1.807) is 0 Å². The topological polar surface area (TPSA) is 63.1 Å². The molecule has 0 saturated heterocycles. The second-order valence-corrected chi connectivity index (χ2v) is 4.61. The smallest absolute Gasteiger partial charge is 0.408 e. The Kier molecular flexibility index (Phi) is 2.94. The molecule has 3 aromatic rings. The maximum absolute atomic E-state index is 14.0. The van der Waals surface area contributed by atoms with Crippen molar-refractivity contribution in [1.29, 1.82) is 0 Å². The number of carbonyl (C=O) groups excluding carboxylic acids is 1. The Bertz CT molecular complexity index is 924. The van der Waals surface area contributed by atoms with Crippen LogP contribution in [0.2, 0.25) is 0 Å². The highest BCUT2D eigenvalue weighted by Crippen LogP contribution is 2.21. The quantitative estimate of drug-likeness (QED) is 0.738. The van der Waals surface area contributed by atoms with E-state index >= 15 is 0 Å². The molecule has 1 N–H and O–H groups in total. The van der Waals surface area contributed by atoms with E-state index in [0.717, 1.165) is 6.07 Å². The van der Waals surface area contributed by atoms with Crippen molar-refractivity contribution in [2.24, 2.45) is 0 Å². The van der Waals surface area contributed by atoms with Gasteiger partial charge in [-0.15, -0.1) is 0 Å². The number of rotatable bonds is 2. The van der Waals surface area contributed by atoms with Gasteiger partial charge in [0.15, 0.2) is 11.4 Å². The number of benzene rings is 2. The number of aromatic nitrogens is 1. The molecule has 0 atom stereocenters. The molecule has 6 heteroatoms. The molecule has 3 rings (SSSR count). The van der Waals surface area contributed by atoms with Gasteiger partial charge in [0.2, 0.25) is 0 Å². The van der Waals surface area contributed by atoms with Crippen LogP contribution < -0.4 is 5.76 Å². The van der Waals surface area contributed by atoms with Crippen LogP contribution in [-0.4, -0.2) is 10.8 Å². The highest BCUT2D eigenvalue weighted by molar-refractivity contribution is 6.10. The summed E-state index contributed by atoms with van der Waals surface area (Å²) in [5.41, 5.74) is 0.149. The third-order valence-electron chi connectivity index (χ3n) is 3.19. The molecule has 0 spiro atoms. The van der Waals surface area contributed by atoms with E-state index < -0.39 is 28.7 Å². The van der Waals surface area contributed by atoms with E-state index in [9.17, 15) is 18.4 Å². The highest BCUT2D eigenvalue weighted by atomic mass is 19.1. The number of H-pyrrole nitrogens is 1. The average molecular weight is 289 g/mol. The predicted octanol–water partition coefficient (Wildman–Crippen LogP) is 2.94. The largest absolute Gasteiger partial charge is 0.417 e. The first-order valence-electron chi connectivity index (χ1n) is 6.09. The highest BCUT2D eigenvalue weighted by Gasteiger charge is 2.21. The summed E-state index contributed by atoms with van der Waals surface area (Å²) in [6.07, 6.45) is 0. The summed E-state index contributed by atoms with van der Waals surface area (Å²) >= 11 is 0. The summed E-state index contributed by atoms with van der Waals surface area (Å²) < 4.78 is 32.5. The Morgan fingerprint density at radius 2 is 1.95 bits per heavy atom. The van der Waals surface area contributed by atoms with Crippen LogP contribution in [0.3, 0.4) is 0 Å². The third kappa shape index (κ3) is 2.14. The second kappa shape index (κ2) is 4.66. The van der Waals surface area contributed by atoms with Crippen molar-refractivity contribution in [3.8, 4) is 0 Å². The van der Waals surface area contributed by atoms with Gasteiger partial charge < -0.3 is 4.42 Å². The van der Waals surface area contributed by atoms with Gasteiger partial charge in [0, 0.05) is 5.56 Å². The number of hydrogen-bond acceptors (Lipinski definition) is 3. The van der Waals surface area contributed by atoms with Crippen LogP contribution in [0.15, 0.2) is 39.5 Å². The van der Waals surface area contributed by atoms with E-state index in [1.165, 1.54) is 31.2 Å². The van der Waals surface area contributed by atoms with Crippen LogP contribution in [0.1, 0.15) is 21.5 Å². The fraction of sp³-hybridized carbons (Fsp3) is 0.0667. The molecule has 4 nitrogen and oxygen atoms in total. The van der Waals surface area contributed by atoms with Crippen LogP contribution >= 0.6 is 0 Å². The Hall–Kier alpha value is -2.76. The van der Waals surface area contributed by atoms with Gasteiger partial charge in [-0.25, -0.2) is 13.6 Å². The average Bonchev–Trinajstić information content (AvgIpc) is 2.82. The van der Waals surface area contributed by atoms with E-state index in [-0.39, 0.29) is 16.7 Å². The fourth-order valence-corrected chi connectivity index (χ4v) is 2.10. The molecule has 0 unspecified atom stereocenters. The van der Waals surface area contributed by atoms with Gasteiger partial charge in [-0.2, -0.15) is 0 Å². The SMILES string of the molecule is Cc1ccc(F)c(C(=O)c2ccc3[nH]c(=O)oc3c2)c1F. The molecule has 0 aliphatic heterocycles. The summed E-state index contributed by atoms with van der Waals surface area (Å²) in [6, 6.07) is 6.39. The fourth-order valence-electron chi connectivity index (χ4n) is 2.10. The molecular formula is C15H9F2NO3. The molecule has 0 saturated carbocycles. The van der Waals surface area contributed by atoms with Crippen molar-refractivity contribution in [1.82, 2.24) is 4.98 Å². The summed E-state index contributed by atoms with van der Waals surface area (Å²) in [5, 5.41) is 0. The number of carbonyl (C=O) groups is 1. The molecule has 2 aromatic carbocycles. The summed E-state index contributed by atoms with van der Waals surface area (Å²) in [5.74, 6) is -3.30. The first-order valence-corrected chi connectivity index (χ1v) is 6.09. The zero-order valence-corrected chi connectivity index (χ0v) is 10.9. The Morgan fingerprint density at radius 1 is 1.19 bits per heavy atom. The molecule has 0 aliphatic carbocycles. The van der Waals surface area contributed by atoms with E-state index in [4.69, 9.17) is 4.42 Å². The summed E-state index contributed by atoms with van der Waals surface area (Å²) in [4.78, 5) is 25.8. The molecule has 0 fully saturated rings.